The number of sulfone groups is 1. The van der Waals surface area contributed by atoms with Gasteiger partial charge in [0, 0.05) is 19.3 Å². The van der Waals surface area contributed by atoms with Crippen molar-refractivity contribution in [1.29, 1.82) is 0 Å². The van der Waals surface area contributed by atoms with Gasteiger partial charge in [-0.05, 0) is 50.6 Å². The Bertz CT molecular complexity index is 764. The first kappa shape index (κ1) is 24.4. The zero-order valence-corrected chi connectivity index (χ0v) is 19.2. The Morgan fingerprint density at radius 1 is 1.23 bits per heavy atom. The first-order valence-electron chi connectivity index (χ1n) is 10.6. The van der Waals surface area contributed by atoms with E-state index < -0.39 is 9.84 Å². The van der Waals surface area contributed by atoms with Crippen molar-refractivity contribution in [2.75, 3.05) is 65.1 Å². The number of methoxy groups -OCH3 is 1. The predicted molar refractivity (Wildman–Crippen MR) is 121 cm³/mol. The van der Waals surface area contributed by atoms with E-state index in [1.807, 2.05) is 19.1 Å². The molecule has 0 saturated carbocycles. The summed E-state index contributed by atoms with van der Waals surface area (Å²) < 4.78 is 33.1. The number of guanidine groups is 1. The second-order valence-corrected chi connectivity index (χ2v) is 9.68. The lowest BCUT2D eigenvalue weighted by Crippen LogP contribution is -2.40. The minimum atomic E-state index is -2.99. The number of hydrogen-bond acceptors (Lipinski definition) is 6. The van der Waals surface area contributed by atoms with Gasteiger partial charge in [0.1, 0.15) is 15.6 Å². The van der Waals surface area contributed by atoms with Crippen LogP contribution in [0.2, 0.25) is 0 Å². The van der Waals surface area contributed by atoms with Gasteiger partial charge < -0.3 is 20.1 Å². The van der Waals surface area contributed by atoms with Crippen LogP contribution in [0.25, 0.3) is 0 Å². The first-order valence-corrected chi connectivity index (χ1v) is 12.6. The molecule has 1 unspecified atom stereocenters. The number of nitrogens with one attached hydrogen (secondary N) is 2. The number of ether oxygens (including phenoxy) is 2. The Morgan fingerprint density at radius 2 is 2.00 bits per heavy atom. The molecule has 2 N–H and O–H groups in total. The van der Waals surface area contributed by atoms with Crippen molar-refractivity contribution in [2.45, 2.75) is 25.8 Å². The Hall–Kier alpha value is -1.84. The highest BCUT2D eigenvalue weighted by molar-refractivity contribution is 7.90. The lowest BCUT2D eigenvalue weighted by Gasteiger charge is -2.27. The molecule has 1 heterocycles. The monoisotopic (exact) mass is 440 g/mol. The smallest absolute Gasteiger partial charge is 0.191 e. The normalized spacial score (nSPS) is 16.4. The zero-order valence-electron chi connectivity index (χ0n) is 18.4. The fourth-order valence-corrected chi connectivity index (χ4v) is 3.83. The number of nitrogens with zero attached hydrogens (tertiary/aromatic N) is 2. The van der Waals surface area contributed by atoms with Crippen LogP contribution in [0.4, 0.5) is 0 Å². The second kappa shape index (κ2) is 12.8. The maximum atomic E-state index is 11.1. The van der Waals surface area contributed by atoms with Gasteiger partial charge in [0.2, 0.25) is 0 Å². The third-order valence-electron chi connectivity index (χ3n) is 4.96. The summed E-state index contributed by atoms with van der Waals surface area (Å²) in [4.78, 5) is 7.29. The first-order chi connectivity index (χ1) is 14.4. The average Bonchev–Trinajstić information content (AvgIpc) is 3.24. The van der Waals surface area contributed by atoms with Crippen molar-refractivity contribution < 1.29 is 17.9 Å². The lowest BCUT2D eigenvalue weighted by molar-refractivity contribution is 0.154. The average molecular weight is 441 g/mol. The SMILES string of the molecule is CCNC(=NCC(c1cccc(OC)c1)N1CCCC1)NCCOCCS(C)(=O)=O. The van der Waals surface area contributed by atoms with Crippen molar-refractivity contribution in [1.82, 2.24) is 15.5 Å². The maximum Gasteiger partial charge on any atom is 0.191 e. The maximum absolute atomic E-state index is 11.1. The van der Waals surface area contributed by atoms with E-state index in [9.17, 15) is 8.42 Å². The zero-order chi connectivity index (χ0) is 21.8. The van der Waals surface area contributed by atoms with Crippen LogP contribution in [-0.4, -0.2) is 84.3 Å². The van der Waals surface area contributed by atoms with Crippen molar-refractivity contribution in [3.63, 3.8) is 0 Å². The van der Waals surface area contributed by atoms with Crippen molar-refractivity contribution in [3.8, 4) is 5.75 Å². The van der Waals surface area contributed by atoms with Crippen LogP contribution in [0.5, 0.6) is 5.75 Å². The van der Waals surface area contributed by atoms with Gasteiger partial charge >= 0.3 is 0 Å². The van der Waals surface area contributed by atoms with Crippen LogP contribution in [0.1, 0.15) is 31.4 Å². The highest BCUT2D eigenvalue weighted by atomic mass is 32.2. The standard InChI is InChI=1S/C21H36N4O4S/c1-4-22-21(23-10-13-29-14-15-30(3,26)27)24-17-20(25-11-5-6-12-25)18-8-7-9-19(16-18)28-2/h7-9,16,20H,4-6,10-15,17H2,1-3H3,(H2,22,23,24). The molecule has 1 aromatic rings. The molecular weight excluding hydrogens is 404 g/mol. The van der Waals surface area contributed by atoms with Gasteiger partial charge in [-0.1, -0.05) is 12.1 Å². The molecule has 0 radical (unpaired) electrons. The minimum Gasteiger partial charge on any atom is -0.497 e. The van der Waals surface area contributed by atoms with Gasteiger partial charge in [-0.15, -0.1) is 0 Å². The highest BCUT2D eigenvalue weighted by Crippen LogP contribution is 2.27. The van der Waals surface area contributed by atoms with Gasteiger partial charge in [0.25, 0.3) is 0 Å². The van der Waals surface area contributed by atoms with E-state index >= 15 is 0 Å². The van der Waals surface area contributed by atoms with Gasteiger partial charge in [-0.2, -0.15) is 0 Å². The van der Waals surface area contributed by atoms with Gasteiger partial charge in [0.15, 0.2) is 5.96 Å². The van der Waals surface area contributed by atoms with Crippen LogP contribution < -0.4 is 15.4 Å². The summed E-state index contributed by atoms with van der Waals surface area (Å²) in [5.41, 5.74) is 1.21. The molecule has 0 aromatic heterocycles. The van der Waals surface area contributed by atoms with Crippen molar-refractivity contribution in [3.05, 3.63) is 29.8 Å². The molecule has 170 valence electrons. The number of aliphatic imine (C=N–C) groups is 1. The summed E-state index contributed by atoms with van der Waals surface area (Å²) in [7, 11) is -1.30. The molecule has 1 fully saturated rings. The van der Waals surface area contributed by atoms with E-state index in [1.54, 1.807) is 7.11 Å². The molecule has 9 heteroatoms. The van der Waals surface area contributed by atoms with E-state index in [4.69, 9.17) is 14.5 Å². The van der Waals surface area contributed by atoms with Gasteiger partial charge in [-0.25, -0.2) is 8.42 Å². The van der Waals surface area contributed by atoms with Gasteiger partial charge in [0.05, 0.1) is 38.7 Å². The quantitative estimate of drug-likeness (QED) is 0.289. The van der Waals surface area contributed by atoms with Crippen molar-refractivity contribution >= 4 is 15.8 Å². The molecule has 0 aliphatic carbocycles. The van der Waals surface area contributed by atoms with Gasteiger partial charge in [-0.3, -0.25) is 9.89 Å². The number of benzene rings is 1. The number of rotatable bonds is 12. The fraction of sp³-hybridized carbons (Fsp3) is 0.667. The van der Waals surface area contributed by atoms with E-state index in [0.717, 1.165) is 31.3 Å². The van der Waals surface area contributed by atoms with Crippen molar-refractivity contribution in [2.24, 2.45) is 4.99 Å². The van der Waals surface area contributed by atoms with Crippen LogP contribution in [0, 0.1) is 0 Å². The van der Waals surface area contributed by atoms with E-state index in [0.29, 0.717) is 19.7 Å². The van der Waals surface area contributed by atoms with Crippen LogP contribution in [0.3, 0.4) is 0 Å². The summed E-state index contributed by atoms with van der Waals surface area (Å²) in [6, 6.07) is 8.41. The Morgan fingerprint density at radius 3 is 2.67 bits per heavy atom. The summed E-state index contributed by atoms with van der Waals surface area (Å²) in [5, 5.41) is 6.52. The van der Waals surface area contributed by atoms with Crippen LogP contribution in [-0.2, 0) is 14.6 Å². The molecule has 0 bridgehead atoms. The second-order valence-electron chi connectivity index (χ2n) is 7.42. The van der Waals surface area contributed by atoms with E-state index in [2.05, 4.69) is 27.7 Å². The Balaban J connectivity index is 1.95. The topological polar surface area (TPSA) is 92.3 Å². The van der Waals surface area contributed by atoms with E-state index in [-0.39, 0.29) is 18.4 Å². The largest absolute Gasteiger partial charge is 0.497 e. The number of likely N-dealkylation sites (tertiary alicyclic amines) is 1. The summed E-state index contributed by atoms with van der Waals surface area (Å²) in [6.07, 6.45) is 3.64. The molecule has 1 saturated heterocycles. The third kappa shape index (κ3) is 8.89. The van der Waals surface area contributed by atoms with E-state index in [1.165, 1.54) is 24.7 Å². The lowest BCUT2D eigenvalue weighted by atomic mass is 10.1. The molecule has 1 aliphatic rings. The van der Waals surface area contributed by atoms with Crippen LogP contribution >= 0.6 is 0 Å². The molecule has 30 heavy (non-hydrogen) atoms. The minimum absolute atomic E-state index is 0.0409. The molecule has 2 rings (SSSR count). The molecule has 1 aromatic carbocycles. The highest BCUT2D eigenvalue weighted by Gasteiger charge is 2.23. The molecule has 0 amide bonds. The third-order valence-corrected chi connectivity index (χ3v) is 5.87. The Labute approximate surface area is 181 Å². The molecule has 1 aliphatic heterocycles. The predicted octanol–water partition coefficient (Wildman–Crippen LogP) is 1.45. The molecule has 8 nitrogen and oxygen atoms in total. The number of hydrogen-bond donors (Lipinski definition) is 2. The molecular formula is C21H36N4O4S. The fourth-order valence-electron chi connectivity index (χ4n) is 3.41. The summed E-state index contributed by atoms with van der Waals surface area (Å²) >= 11 is 0. The van der Waals surface area contributed by atoms with Crippen LogP contribution in [0.15, 0.2) is 29.3 Å². The Kier molecular flexibility index (Phi) is 10.4. The molecule has 0 spiro atoms. The molecule has 1 atom stereocenters. The summed E-state index contributed by atoms with van der Waals surface area (Å²) in [6.45, 7) is 6.77. The summed E-state index contributed by atoms with van der Waals surface area (Å²) in [5.74, 6) is 1.63.